The van der Waals surface area contributed by atoms with Gasteiger partial charge in [0.1, 0.15) is 0 Å². The maximum Gasteiger partial charge on any atom is 0.0693 e. The Bertz CT molecular complexity index is 646. The van der Waals surface area contributed by atoms with Crippen molar-refractivity contribution in [3.63, 3.8) is 0 Å². The highest BCUT2D eigenvalue weighted by Crippen LogP contribution is 2.53. The van der Waals surface area contributed by atoms with Gasteiger partial charge in [0.15, 0.2) is 0 Å². The van der Waals surface area contributed by atoms with Gasteiger partial charge in [0.25, 0.3) is 0 Å². The molecule has 0 fully saturated rings. The quantitative estimate of drug-likeness (QED) is 0.774. The summed E-state index contributed by atoms with van der Waals surface area (Å²) in [6.45, 7) is 1.95. The molecule has 0 amide bonds. The van der Waals surface area contributed by atoms with E-state index in [-0.39, 0.29) is 0 Å². The fourth-order valence-corrected chi connectivity index (χ4v) is 4.36. The first kappa shape index (κ1) is 14.9. The fraction of sp³-hybridized carbons (Fsp3) is 0.429. The smallest absolute Gasteiger partial charge is 0.0693 e. The van der Waals surface area contributed by atoms with Gasteiger partial charge in [-0.3, -0.25) is 0 Å². The van der Waals surface area contributed by atoms with Crippen LogP contribution in [0.5, 0.6) is 0 Å². The average Bonchev–Trinajstić information content (AvgIpc) is 2.59. The van der Waals surface area contributed by atoms with Gasteiger partial charge in [-0.15, -0.1) is 0 Å². The maximum atomic E-state index is 6.35. The second kappa shape index (κ2) is 6.10. The molecule has 1 atom stereocenters. The molecule has 0 saturated heterocycles. The summed E-state index contributed by atoms with van der Waals surface area (Å²) >= 11 is 0. The molecule has 3 aliphatic carbocycles. The molecule has 3 aliphatic rings. The van der Waals surface area contributed by atoms with Gasteiger partial charge < -0.3 is 9.64 Å². The van der Waals surface area contributed by atoms with Crippen LogP contribution >= 0.6 is 0 Å². The zero-order valence-corrected chi connectivity index (χ0v) is 14.0. The molecule has 0 saturated carbocycles. The first-order valence-corrected chi connectivity index (χ1v) is 8.69. The Labute approximate surface area is 139 Å². The van der Waals surface area contributed by atoms with Gasteiger partial charge in [-0.2, -0.15) is 0 Å². The van der Waals surface area contributed by atoms with E-state index >= 15 is 0 Å². The molecule has 2 nitrogen and oxygen atoms in total. The molecule has 0 N–H and O–H groups in total. The molecular weight excluding hydrogens is 282 g/mol. The van der Waals surface area contributed by atoms with E-state index in [2.05, 4.69) is 67.5 Å². The first-order valence-electron chi connectivity index (χ1n) is 8.69. The lowest BCUT2D eigenvalue weighted by molar-refractivity contribution is 0.0202. The Balaban J connectivity index is 1.61. The van der Waals surface area contributed by atoms with E-state index in [1.807, 2.05) is 0 Å². The first-order chi connectivity index (χ1) is 11.3. The van der Waals surface area contributed by atoms with Crippen LogP contribution in [0.4, 0.5) is 0 Å². The summed E-state index contributed by atoms with van der Waals surface area (Å²) in [5.74, 6) is 0.915. The molecule has 0 spiro atoms. The number of hydrogen-bond acceptors (Lipinski definition) is 2. The molecule has 23 heavy (non-hydrogen) atoms. The second-order valence-corrected chi connectivity index (χ2v) is 7.09. The summed E-state index contributed by atoms with van der Waals surface area (Å²) in [5, 5.41) is 0. The van der Waals surface area contributed by atoms with E-state index in [9.17, 15) is 0 Å². The van der Waals surface area contributed by atoms with E-state index in [1.165, 1.54) is 22.3 Å². The molecule has 2 aromatic carbocycles. The normalized spacial score (nSPS) is 24.6. The molecule has 1 unspecified atom stereocenters. The number of ether oxygens (including phenoxy) is 1. The highest BCUT2D eigenvalue weighted by molar-refractivity contribution is 5.56. The lowest BCUT2D eigenvalue weighted by Crippen LogP contribution is -2.37. The monoisotopic (exact) mass is 307 g/mol. The topological polar surface area (TPSA) is 12.5 Å². The number of nitrogens with zero attached hydrogens (tertiary/aromatic N) is 1. The largest absolute Gasteiger partial charge is 0.377 e. The number of hydrogen-bond donors (Lipinski definition) is 0. The molecule has 2 aromatic rings. The van der Waals surface area contributed by atoms with Crippen molar-refractivity contribution in [2.45, 2.75) is 30.8 Å². The standard InChI is InChI=1S/C21H25NO/c1-22(2)12-7-13-23-20-14-19-15-8-3-5-10-17(15)21(20)18-11-6-4-9-16(18)19/h3-6,8-11,19-21H,7,12-14H2,1-2H3. The van der Waals surface area contributed by atoms with E-state index in [0.717, 1.165) is 26.0 Å². The number of benzene rings is 2. The predicted octanol–water partition coefficient (Wildman–Crippen LogP) is 4.00. The minimum atomic E-state index is 0.326. The molecule has 0 aromatic heterocycles. The maximum absolute atomic E-state index is 6.35. The van der Waals surface area contributed by atoms with Crippen LogP contribution in [0.25, 0.3) is 0 Å². The van der Waals surface area contributed by atoms with Crippen molar-refractivity contribution in [2.24, 2.45) is 0 Å². The zero-order valence-electron chi connectivity index (χ0n) is 14.0. The Kier molecular flexibility index (Phi) is 3.96. The van der Waals surface area contributed by atoms with E-state index in [4.69, 9.17) is 4.74 Å². The lowest BCUT2D eigenvalue weighted by atomic mass is 9.62. The third-order valence-corrected chi connectivity index (χ3v) is 5.33. The van der Waals surface area contributed by atoms with Gasteiger partial charge in [0.2, 0.25) is 0 Å². The van der Waals surface area contributed by atoms with Gasteiger partial charge in [-0.1, -0.05) is 48.5 Å². The van der Waals surface area contributed by atoms with Crippen LogP contribution in [0.15, 0.2) is 48.5 Å². The van der Waals surface area contributed by atoms with Gasteiger partial charge in [-0.25, -0.2) is 0 Å². The van der Waals surface area contributed by atoms with Gasteiger partial charge in [-0.05, 0) is 55.7 Å². The minimum Gasteiger partial charge on any atom is -0.377 e. The van der Waals surface area contributed by atoms with Crippen LogP contribution in [0.3, 0.4) is 0 Å². The van der Waals surface area contributed by atoms with E-state index in [1.54, 1.807) is 0 Å². The summed E-state index contributed by atoms with van der Waals surface area (Å²) in [6, 6.07) is 17.9. The van der Waals surface area contributed by atoms with Crippen LogP contribution in [-0.4, -0.2) is 38.3 Å². The van der Waals surface area contributed by atoms with E-state index in [0.29, 0.717) is 17.9 Å². The second-order valence-electron chi connectivity index (χ2n) is 7.09. The SMILES string of the molecule is CN(C)CCCOC1CC2c3ccccc3C1c1ccccc12. The molecule has 0 heterocycles. The highest BCUT2D eigenvalue weighted by Gasteiger charge is 2.43. The van der Waals surface area contributed by atoms with Crippen LogP contribution in [-0.2, 0) is 4.74 Å². The summed E-state index contributed by atoms with van der Waals surface area (Å²) in [6.07, 6.45) is 2.55. The van der Waals surface area contributed by atoms with Crippen LogP contribution in [0.1, 0.15) is 46.9 Å². The summed E-state index contributed by atoms with van der Waals surface area (Å²) in [5.41, 5.74) is 6.01. The number of fused-ring (bicyclic) bond motifs is 1. The van der Waals surface area contributed by atoms with Gasteiger partial charge >= 0.3 is 0 Å². The summed E-state index contributed by atoms with van der Waals surface area (Å²) in [7, 11) is 4.24. The zero-order chi connectivity index (χ0) is 15.8. The molecular formula is C21H25NO. The molecule has 2 heteroatoms. The molecule has 5 rings (SSSR count). The summed E-state index contributed by atoms with van der Waals surface area (Å²) < 4.78 is 6.35. The Hall–Kier alpha value is -1.64. The molecule has 0 aliphatic heterocycles. The Morgan fingerprint density at radius 3 is 2.04 bits per heavy atom. The summed E-state index contributed by atoms with van der Waals surface area (Å²) in [4.78, 5) is 2.22. The third kappa shape index (κ3) is 2.60. The van der Waals surface area contributed by atoms with Gasteiger partial charge in [0, 0.05) is 18.4 Å². The molecule has 120 valence electrons. The van der Waals surface area contributed by atoms with Crippen molar-refractivity contribution in [2.75, 3.05) is 27.2 Å². The number of rotatable bonds is 5. The van der Waals surface area contributed by atoms with Crippen LogP contribution < -0.4 is 0 Å². The Morgan fingerprint density at radius 1 is 0.913 bits per heavy atom. The molecule has 2 bridgehead atoms. The van der Waals surface area contributed by atoms with Crippen molar-refractivity contribution < 1.29 is 4.74 Å². The van der Waals surface area contributed by atoms with Crippen LogP contribution in [0.2, 0.25) is 0 Å². The van der Waals surface area contributed by atoms with Crippen LogP contribution in [0, 0.1) is 0 Å². The van der Waals surface area contributed by atoms with Crippen molar-refractivity contribution in [1.29, 1.82) is 0 Å². The highest BCUT2D eigenvalue weighted by atomic mass is 16.5. The predicted molar refractivity (Wildman–Crippen MR) is 94.1 cm³/mol. The van der Waals surface area contributed by atoms with Crippen molar-refractivity contribution in [1.82, 2.24) is 4.90 Å². The fourth-order valence-electron chi connectivity index (χ4n) is 4.36. The molecule has 0 radical (unpaired) electrons. The van der Waals surface area contributed by atoms with Crippen molar-refractivity contribution in [3.8, 4) is 0 Å². The van der Waals surface area contributed by atoms with Gasteiger partial charge in [0.05, 0.1) is 6.10 Å². The minimum absolute atomic E-state index is 0.326. The third-order valence-electron chi connectivity index (χ3n) is 5.33. The lowest BCUT2D eigenvalue weighted by Gasteiger charge is -2.45. The van der Waals surface area contributed by atoms with Crippen molar-refractivity contribution in [3.05, 3.63) is 70.8 Å². The Morgan fingerprint density at radius 2 is 1.48 bits per heavy atom. The average molecular weight is 307 g/mol. The van der Waals surface area contributed by atoms with Crippen molar-refractivity contribution >= 4 is 0 Å². The van der Waals surface area contributed by atoms with E-state index < -0.39 is 0 Å².